The maximum atomic E-state index is 10.8. The second-order valence-corrected chi connectivity index (χ2v) is 3.19. The molecule has 1 rings (SSSR count). The van der Waals surface area contributed by atoms with Crippen molar-refractivity contribution in [3.8, 4) is 0 Å². The molecule has 0 saturated carbocycles. The van der Waals surface area contributed by atoms with Crippen LogP contribution in [-0.2, 0) is 11.8 Å². The van der Waals surface area contributed by atoms with E-state index in [1.54, 1.807) is 17.0 Å². The second-order valence-electron chi connectivity index (χ2n) is 3.19. The first-order valence-corrected chi connectivity index (χ1v) is 4.61. The number of anilines is 1. The number of imidazole rings is 1. The number of aliphatic carboxylic acids is 1. The van der Waals surface area contributed by atoms with Gasteiger partial charge >= 0.3 is 5.97 Å². The molecule has 0 aliphatic carbocycles. The quantitative estimate of drug-likeness (QED) is 0.741. The van der Waals surface area contributed by atoms with Gasteiger partial charge in [0.1, 0.15) is 6.04 Å². The highest BCUT2D eigenvalue weighted by Crippen LogP contribution is 2.07. The minimum atomic E-state index is -0.838. The SMILES string of the molecule is CCCC(Nc1nccn1C)C(=O)O. The number of aryl methyl sites for hydroxylation is 1. The molecule has 0 spiro atoms. The number of aromatic nitrogens is 2. The summed E-state index contributed by atoms with van der Waals surface area (Å²) < 4.78 is 1.76. The van der Waals surface area contributed by atoms with Gasteiger partial charge in [-0.05, 0) is 6.42 Å². The van der Waals surface area contributed by atoms with Crippen molar-refractivity contribution in [2.24, 2.45) is 7.05 Å². The van der Waals surface area contributed by atoms with Gasteiger partial charge in [-0.3, -0.25) is 0 Å². The Morgan fingerprint density at radius 1 is 1.79 bits per heavy atom. The number of rotatable bonds is 5. The van der Waals surface area contributed by atoms with Crippen LogP contribution < -0.4 is 5.32 Å². The number of nitrogens with zero attached hydrogens (tertiary/aromatic N) is 2. The van der Waals surface area contributed by atoms with Crippen molar-refractivity contribution >= 4 is 11.9 Å². The monoisotopic (exact) mass is 197 g/mol. The first kappa shape index (κ1) is 10.6. The van der Waals surface area contributed by atoms with E-state index in [1.807, 2.05) is 14.0 Å². The van der Waals surface area contributed by atoms with Crippen molar-refractivity contribution in [1.29, 1.82) is 0 Å². The number of carboxylic acid groups (broad SMARTS) is 1. The Kier molecular flexibility index (Phi) is 3.50. The summed E-state index contributed by atoms with van der Waals surface area (Å²) in [5.41, 5.74) is 0. The lowest BCUT2D eigenvalue weighted by Crippen LogP contribution is -2.30. The molecule has 0 aliphatic heterocycles. The van der Waals surface area contributed by atoms with Crippen molar-refractivity contribution in [2.75, 3.05) is 5.32 Å². The van der Waals surface area contributed by atoms with E-state index in [0.29, 0.717) is 12.4 Å². The third kappa shape index (κ3) is 2.48. The van der Waals surface area contributed by atoms with Crippen LogP contribution in [-0.4, -0.2) is 26.7 Å². The highest BCUT2D eigenvalue weighted by Gasteiger charge is 2.17. The summed E-state index contributed by atoms with van der Waals surface area (Å²) in [5.74, 6) is -0.249. The van der Waals surface area contributed by atoms with Crippen LogP contribution in [0.4, 0.5) is 5.95 Å². The molecular weight excluding hydrogens is 182 g/mol. The molecule has 2 N–H and O–H groups in total. The molecule has 78 valence electrons. The maximum absolute atomic E-state index is 10.8. The summed E-state index contributed by atoms with van der Waals surface area (Å²) in [5, 5.41) is 11.8. The maximum Gasteiger partial charge on any atom is 0.326 e. The van der Waals surface area contributed by atoms with Crippen LogP contribution in [0.3, 0.4) is 0 Å². The van der Waals surface area contributed by atoms with Gasteiger partial charge in [0.15, 0.2) is 0 Å². The highest BCUT2D eigenvalue weighted by molar-refractivity contribution is 5.76. The van der Waals surface area contributed by atoms with E-state index in [1.165, 1.54) is 0 Å². The van der Waals surface area contributed by atoms with Gasteiger partial charge in [-0.25, -0.2) is 9.78 Å². The third-order valence-corrected chi connectivity index (χ3v) is 2.00. The first-order valence-electron chi connectivity index (χ1n) is 4.61. The fourth-order valence-electron chi connectivity index (χ4n) is 1.21. The molecule has 1 heterocycles. The third-order valence-electron chi connectivity index (χ3n) is 2.00. The lowest BCUT2D eigenvalue weighted by Gasteiger charge is -2.13. The summed E-state index contributed by atoms with van der Waals surface area (Å²) in [6, 6.07) is -0.555. The molecule has 5 nitrogen and oxygen atoms in total. The summed E-state index contributed by atoms with van der Waals surface area (Å²) in [6.07, 6.45) is 4.83. The minimum Gasteiger partial charge on any atom is -0.480 e. The molecule has 0 bridgehead atoms. The van der Waals surface area contributed by atoms with Crippen LogP contribution in [0.1, 0.15) is 19.8 Å². The van der Waals surface area contributed by atoms with Gasteiger partial charge in [-0.2, -0.15) is 0 Å². The van der Waals surface area contributed by atoms with E-state index in [0.717, 1.165) is 6.42 Å². The zero-order valence-corrected chi connectivity index (χ0v) is 8.40. The van der Waals surface area contributed by atoms with Gasteiger partial charge in [0.25, 0.3) is 0 Å². The van der Waals surface area contributed by atoms with Gasteiger partial charge in [-0.15, -0.1) is 0 Å². The fourth-order valence-corrected chi connectivity index (χ4v) is 1.21. The molecule has 5 heteroatoms. The van der Waals surface area contributed by atoms with Crippen molar-refractivity contribution in [3.63, 3.8) is 0 Å². The van der Waals surface area contributed by atoms with Crippen LogP contribution in [0.5, 0.6) is 0 Å². The normalized spacial score (nSPS) is 12.4. The van der Waals surface area contributed by atoms with E-state index in [4.69, 9.17) is 5.11 Å². The topological polar surface area (TPSA) is 67.2 Å². The number of carbonyl (C=O) groups is 1. The summed E-state index contributed by atoms with van der Waals surface area (Å²) in [6.45, 7) is 1.95. The molecule has 0 saturated heterocycles. The summed E-state index contributed by atoms with van der Waals surface area (Å²) in [4.78, 5) is 14.8. The van der Waals surface area contributed by atoms with Gasteiger partial charge in [0.2, 0.25) is 5.95 Å². The fraction of sp³-hybridized carbons (Fsp3) is 0.556. The molecule has 0 fully saturated rings. The van der Waals surface area contributed by atoms with E-state index >= 15 is 0 Å². The average Bonchev–Trinajstić information content (AvgIpc) is 2.51. The minimum absolute atomic E-state index is 0.555. The van der Waals surface area contributed by atoms with Gasteiger partial charge < -0.3 is 15.0 Å². The zero-order chi connectivity index (χ0) is 10.6. The van der Waals surface area contributed by atoms with Crippen molar-refractivity contribution in [3.05, 3.63) is 12.4 Å². The summed E-state index contributed by atoms with van der Waals surface area (Å²) >= 11 is 0. The van der Waals surface area contributed by atoms with E-state index < -0.39 is 12.0 Å². The van der Waals surface area contributed by atoms with Crippen LogP contribution in [0, 0.1) is 0 Å². The van der Waals surface area contributed by atoms with Crippen LogP contribution in [0.2, 0.25) is 0 Å². The Morgan fingerprint density at radius 2 is 2.50 bits per heavy atom. The van der Waals surface area contributed by atoms with Crippen LogP contribution >= 0.6 is 0 Å². The van der Waals surface area contributed by atoms with Crippen molar-refractivity contribution < 1.29 is 9.90 Å². The molecule has 0 aromatic carbocycles. The van der Waals surface area contributed by atoms with Crippen LogP contribution in [0.25, 0.3) is 0 Å². The molecule has 0 aliphatic rings. The van der Waals surface area contributed by atoms with E-state index in [9.17, 15) is 4.79 Å². The molecule has 0 amide bonds. The van der Waals surface area contributed by atoms with Crippen molar-refractivity contribution in [1.82, 2.24) is 9.55 Å². The number of nitrogens with one attached hydrogen (secondary N) is 1. The Labute approximate surface area is 82.8 Å². The standard InChI is InChI=1S/C9H15N3O2/c1-3-4-7(8(13)14)11-9-10-5-6-12(9)2/h5-7H,3-4H2,1-2H3,(H,10,11)(H,13,14). The summed E-state index contributed by atoms with van der Waals surface area (Å²) in [7, 11) is 1.82. The average molecular weight is 197 g/mol. The number of hydrogen-bond acceptors (Lipinski definition) is 3. The second kappa shape index (κ2) is 4.64. The lowest BCUT2D eigenvalue weighted by molar-refractivity contribution is -0.138. The van der Waals surface area contributed by atoms with Crippen molar-refractivity contribution in [2.45, 2.75) is 25.8 Å². The molecular formula is C9H15N3O2. The predicted molar refractivity (Wildman–Crippen MR) is 53.2 cm³/mol. The highest BCUT2D eigenvalue weighted by atomic mass is 16.4. The van der Waals surface area contributed by atoms with Gasteiger partial charge in [0.05, 0.1) is 0 Å². The Bertz CT molecular complexity index is 309. The lowest BCUT2D eigenvalue weighted by atomic mass is 10.2. The molecule has 1 atom stereocenters. The van der Waals surface area contributed by atoms with E-state index in [-0.39, 0.29) is 0 Å². The molecule has 0 radical (unpaired) electrons. The van der Waals surface area contributed by atoms with Crippen LogP contribution in [0.15, 0.2) is 12.4 Å². The Hall–Kier alpha value is -1.52. The zero-order valence-electron chi connectivity index (χ0n) is 8.40. The van der Waals surface area contributed by atoms with E-state index in [2.05, 4.69) is 10.3 Å². The molecule has 14 heavy (non-hydrogen) atoms. The Balaban J connectivity index is 2.64. The Morgan fingerprint density at radius 3 is 2.93 bits per heavy atom. The van der Waals surface area contributed by atoms with Gasteiger partial charge in [0, 0.05) is 19.4 Å². The largest absolute Gasteiger partial charge is 0.480 e. The smallest absolute Gasteiger partial charge is 0.326 e. The van der Waals surface area contributed by atoms with Gasteiger partial charge in [-0.1, -0.05) is 13.3 Å². The molecule has 1 aromatic heterocycles. The number of hydrogen-bond donors (Lipinski definition) is 2. The molecule has 1 aromatic rings. The number of carboxylic acids is 1. The first-order chi connectivity index (χ1) is 6.65. The predicted octanol–water partition coefficient (Wildman–Crippen LogP) is 1.09. The molecule has 1 unspecified atom stereocenters.